The number of hydrogen-bond donors (Lipinski definition) is 1. The quantitative estimate of drug-likeness (QED) is 0.845. The third-order valence-electron chi connectivity index (χ3n) is 4.70. The van der Waals surface area contributed by atoms with E-state index in [1.54, 1.807) is 0 Å². The van der Waals surface area contributed by atoms with Crippen LogP contribution in [0.2, 0.25) is 0 Å². The number of para-hydroxylation sites is 2. The molecule has 5 nitrogen and oxygen atoms in total. The maximum absolute atomic E-state index is 12.7. The van der Waals surface area contributed by atoms with E-state index in [1.807, 2.05) is 42.5 Å². The van der Waals surface area contributed by atoms with E-state index in [2.05, 4.69) is 42.1 Å². The summed E-state index contributed by atoms with van der Waals surface area (Å²) in [7, 11) is 2.14. The molecular weight excluding hydrogens is 338 g/mol. The second-order valence-electron chi connectivity index (χ2n) is 7.49. The number of hydrogen-bond acceptors (Lipinski definition) is 4. The molecule has 0 aliphatic carbocycles. The number of nitrogens with zero attached hydrogens (tertiary/aromatic N) is 2. The van der Waals surface area contributed by atoms with Crippen molar-refractivity contribution in [1.82, 2.24) is 4.90 Å². The minimum atomic E-state index is -0.105. The molecule has 3 rings (SSSR count). The van der Waals surface area contributed by atoms with Crippen LogP contribution in [0.3, 0.4) is 0 Å². The summed E-state index contributed by atoms with van der Waals surface area (Å²) >= 11 is 0. The Labute approximate surface area is 161 Å². The van der Waals surface area contributed by atoms with Crippen LogP contribution in [0.5, 0.6) is 5.75 Å². The fourth-order valence-electron chi connectivity index (χ4n) is 3.06. The molecule has 1 N–H and O–H groups in total. The van der Waals surface area contributed by atoms with E-state index in [4.69, 9.17) is 4.74 Å². The summed E-state index contributed by atoms with van der Waals surface area (Å²) in [5.41, 5.74) is 2.56. The van der Waals surface area contributed by atoms with Gasteiger partial charge in [0.25, 0.3) is 5.91 Å². The smallest absolute Gasteiger partial charge is 0.255 e. The minimum absolute atomic E-state index is 0.105. The van der Waals surface area contributed by atoms with E-state index in [9.17, 15) is 4.79 Å². The Kier molecular flexibility index (Phi) is 6.35. The number of carbonyl (C=O) groups excluding carboxylic acids is 1. The minimum Gasteiger partial charge on any atom is -0.493 e. The molecule has 0 spiro atoms. The lowest BCUT2D eigenvalue weighted by molar-refractivity contribution is 0.102. The highest BCUT2D eigenvalue weighted by Crippen LogP contribution is 2.27. The Morgan fingerprint density at radius 1 is 1.04 bits per heavy atom. The lowest BCUT2D eigenvalue weighted by atomic mass is 10.1. The maximum Gasteiger partial charge on any atom is 0.255 e. The first-order valence-corrected chi connectivity index (χ1v) is 9.59. The lowest BCUT2D eigenvalue weighted by Gasteiger charge is -2.35. The van der Waals surface area contributed by atoms with Gasteiger partial charge in [0.2, 0.25) is 0 Å². The van der Waals surface area contributed by atoms with Gasteiger partial charge < -0.3 is 19.9 Å². The highest BCUT2D eigenvalue weighted by molar-refractivity contribution is 6.06. The van der Waals surface area contributed by atoms with Crippen molar-refractivity contribution >= 4 is 17.3 Å². The molecule has 0 atom stereocenters. The van der Waals surface area contributed by atoms with Crippen molar-refractivity contribution in [2.24, 2.45) is 5.92 Å². The number of likely N-dealkylation sites (N-methyl/N-ethyl adjacent to an activating group) is 1. The highest BCUT2D eigenvalue weighted by atomic mass is 16.5. The standard InChI is InChI=1S/C22H29N3O2/c1-17(2)16-27-19-10-8-18(9-11-19)22(26)23-20-6-4-5-7-21(20)25-14-12-24(3)13-15-25/h4-11,17H,12-16H2,1-3H3,(H,23,26). The summed E-state index contributed by atoms with van der Waals surface area (Å²) in [6, 6.07) is 15.3. The van der Waals surface area contributed by atoms with E-state index in [0.717, 1.165) is 43.3 Å². The van der Waals surface area contributed by atoms with Crippen molar-refractivity contribution < 1.29 is 9.53 Å². The van der Waals surface area contributed by atoms with Gasteiger partial charge in [-0.25, -0.2) is 0 Å². The third kappa shape index (κ3) is 5.23. The monoisotopic (exact) mass is 367 g/mol. The molecular formula is C22H29N3O2. The second-order valence-corrected chi connectivity index (χ2v) is 7.49. The van der Waals surface area contributed by atoms with E-state index in [1.165, 1.54) is 0 Å². The van der Waals surface area contributed by atoms with E-state index in [0.29, 0.717) is 18.1 Å². The zero-order chi connectivity index (χ0) is 19.2. The Morgan fingerprint density at radius 3 is 2.37 bits per heavy atom. The van der Waals surface area contributed by atoms with Gasteiger partial charge in [0.1, 0.15) is 5.75 Å². The lowest BCUT2D eigenvalue weighted by Crippen LogP contribution is -2.44. The van der Waals surface area contributed by atoms with Gasteiger partial charge in [0.05, 0.1) is 18.0 Å². The first-order chi connectivity index (χ1) is 13.0. The van der Waals surface area contributed by atoms with Crippen LogP contribution in [-0.2, 0) is 0 Å². The first-order valence-electron chi connectivity index (χ1n) is 9.59. The number of amides is 1. The van der Waals surface area contributed by atoms with Gasteiger partial charge in [-0.1, -0.05) is 26.0 Å². The zero-order valence-corrected chi connectivity index (χ0v) is 16.4. The summed E-state index contributed by atoms with van der Waals surface area (Å²) in [6.45, 7) is 8.87. The summed E-state index contributed by atoms with van der Waals surface area (Å²) in [5.74, 6) is 1.16. The van der Waals surface area contributed by atoms with Crippen LogP contribution in [0.1, 0.15) is 24.2 Å². The van der Waals surface area contributed by atoms with Crippen LogP contribution in [-0.4, -0.2) is 50.6 Å². The number of ether oxygens (including phenoxy) is 1. The Hall–Kier alpha value is -2.53. The average molecular weight is 367 g/mol. The molecule has 1 heterocycles. The number of carbonyl (C=O) groups is 1. The first kappa shape index (κ1) is 19.2. The molecule has 0 radical (unpaired) electrons. The molecule has 144 valence electrons. The van der Waals surface area contributed by atoms with Crippen LogP contribution >= 0.6 is 0 Å². The Balaban J connectivity index is 1.67. The summed E-state index contributed by atoms with van der Waals surface area (Å²) in [6.07, 6.45) is 0. The van der Waals surface area contributed by atoms with Gasteiger partial charge in [-0.3, -0.25) is 4.79 Å². The zero-order valence-electron chi connectivity index (χ0n) is 16.4. The van der Waals surface area contributed by atoms with Gasteiger partial charge in [0.15, 0.2) is 0 Å². The van der Waals surface area contributed by atoms with Crippen LogP contribution in [0.4, 0.5) is 11.4 Å². The molecule has 0 aromatic heterocycles. The molecule has 0 unspecified atom stereocenters. The third-order valence-corrected chi connectivity index (χ3v) is 4.70. The molecule has 0 saturated carbocycles. The van der Waals surface area contributed by atoms with E-state index >= 15 is 0 Å². The van der Waals surface area contributed by atoms with Gasteiger partial charge >= 0.3 is 0 Å². The fourth-order valence-corrected chi connectivity index (χ4v) is 3.06. The predicted molar refractivity (Wildman–Crippen MR) is 111 cm³/mol. The highest BCUT2D eigenvalue weighted by Gasteiger charge is 2.18. The van der Waals surface area contributed by atoms with Gasteiger partial charge in [-0.15, -0.1) is 0 Å². The number of piperazine rings is 1. The van der Waals surface area contributed by atoms with Crippen molar-refractivity contribution in [3.05, 3.63) is 54.1 Å². The summed E-state index contributed by atoms with van der Waals surface area (Å²) < 4.78 is 5.69. The molecule has 5 heteroatoms. The molecule has 1 saturated heterocycles. The van der Waals surface area contributed by atoms with Gasteiger partial charge in [-0.05, 0) is 49.4 Å². The molecule has 27 heavy (non-hydrogen) atoms. The van der Waals surface area contributed by atoms with E-state index in [-0.39, 0.29) is 5.91 Å². The SMILES string of the molecule is CC(C)COc1ccc(C(=O)Nc2ccccc2N2CCN(C)CC2)cc1. The largest absolute Gasteiger partial charge is 0.493 e. The van der Waals surface area contributed by atoms with Gasteiger partial charge in [0, 0.05) is 31.7 Å². The number of rotatable bonds is 6. The molecule has 1 fully saturated rings. The molecule has 0 bridgehead atoms. The number of anilines is 2. The van der Waals surface area contributed by atoms with Crippen LogP contribution in [0.15, 0.2) is 48.5 Å². The van der Waals surface area contributed by atoms with Crippen LogP contribution in [0, 0.1) is 5.92 Å². The Bertz CT molecular complexity index is 750. The second kappa shape index (κ2) is 8.91. The van der Waals surface area contributed by atoms with E-state index < -0.39 is 0 Å². The van der Waals surface area contributed by atoms with Crippen LogP contribution in [0.25, 0.3) is 0 Å². The molecule has 1 amide bonds. The average Bonchev–Trinajstić information content (AvgIpc) is 2.68. The Morgan fingerprint density at radius 2 is 1.70 bits per heavy atom. The van der Waals surface area contributed by atoms with Crippen molar-refractivity contribution in [3.8, 4) is 5.75 Å². The van der Waals surface area contributed by atoms with Gasteiger partial charge in [-0.2, -0.15) is 0 Å². The van der Waals surface area contributed by atoms with Crippen molar-refractivity contribution in [3.63, 3.8) is 0 Å². The molecule has 1 aliphatic heterocycles. The molecule has 2 aromatic rings. The van der Waals surface area contributed by atoms with Crippen molar-refractivity contribution in [1.29, 1.82) is 0 Å². The topological polar surface area (TPSA) is 44.8 Å². The predicted octanol–water partition coefficient (Wildman–Crippen LogP) is 3.73. The summed E-state index contributed by atoms with van der Waals surface area (Å²) in [4.78, 5) is 17.4. The number of benzene rings is 2. The normalized spacial score (nSPS) is 15.0. The summed E-state index contributed by atoms with van der Waals surface area (Å²) in [5, 5.41) is 3.07. The van der Waals surface area contributed by atoms with Crippen molar-refractivity contribution in [2.45, 2.75) is 13.8 Å². The molecule has 1 aliphatic rings. The fraction of sp³-hybridized carbons (Fsp3) is 0.409. The molecule has 2 aromatic carbocycles. The maximum atomic E-state index is 12.7. The number of nitrogens with one attached hydrogen (secondary N) is 1. The van der Waals surface area contributed by atoms with Crippen LogP contribution < -0.4 is 15.0 Å². The van der Waals surface area contributed by atoms with Crippen molar-refractivity contribution in [2.75, 3.05) is 50.1 Å².